The SMILES string of the molecule is C=CCN(C(=O)OCC)c1nc(OC)nc(OC)n1. The van der Waals surface area contributed by atoms with E-state index in [1.165, 1.54) is 25.2 Å². The molecule has 0 unspecified atom stereocenters. The van der Waals surface area contributed by atoms with Crippen LogP contribution in [0.5, 0.6) is 12.0 Å². The summed E-state index contributed by atoms with van der Waals surface area (Å²) in [6.45, 7) is 5.71. The zero-order valence-corrected chi connectivity index (χ0v) is 11.1. The highest BCUT2D eigenvalue weighted by atomic mass is 16.6. The number of rotatable bonds is 6. The molecular formula is C11H16N4O4. The molecule has 0 spiro atoms. The van der Waals surface area contributed by atoms with E-state index in [2.05, 4.69) is 21.5 Å². The second kappa shape index (κ2) is 7.14. The van der Waals surface area contributed by atoms with E-state index in [1.54, 1.807) is 6.92 Å². The Morgan fingerprint density at radius 3 is 2.26 bits per heavy atom. The monoisotopic (exact) mass is 268 g/mol. The lowest BCUT2D eigenvalue weighted by Crippen LogP contribution is -2.33. The number of carbonyl (C=O) groups is 1. The first-order chi connectivity index (χ1) is 9.15. The molecule has 0 atom stereocenters. The van der Waals surface area contributed by atoms with Crippen LogP contribution in [0.15, 0.2) is 12.7 Å². The van der Waals surface area contributed by atoms with Crippen molar-refractivity contribution in [2.75, 3.05) is 32.3 Å². The molecule has 0 aliphatic carbocycles. The molecule has 0 fully saturated rings. The summed E-state index contributed by atoms with van der Waals surface area (Å²) in [7, 11) is 2.81. The van der Waals surface area contributed by atoms with E-state index >= 15 is 0 Å². The Labute approximate surface area is 111 Å². The molecule has 1 rings (SSSR count). The zero-order valence-electron chi connectivity index (χ0n) is 11.1. The second-order valence-corrected chi connectivity index (χ2v) is 3.21. The average Bonchev–Trinajstić information content (AvgIpc) is 2.44. The van der Waals surface area contributed by atoms with Crippen molar-refractivity contribution in [3.8, 4) is 12.0 Å². The van der Waals surface area contributed by atoms with Gasteiger partial charge in [-0.3, -0.25) is 0 Å². The van der Waals surface area contributed by atoms with E-state index < -0.39 is 6.09 Å². The van der Waals surface area contributed by atoms with Crippen LogP contribution in [-0.2, 0) is 4.74 Å². The number of hydrogen-bond acceptors (Lipinski definition) is 7. The molecule has 0 aliphatic rings. The van der Waals surface area contributed by atoms with Gasteiger partial charge in [-0.2, -0.15) is 9.97 Å². The molecule has 0 aromatic carbocycles. The number of carbonyl (C=O) groups excluding carboxylic acids is 1. The molecule has 8 nitrogen and oxygen atoms in total. The van der Waals surface area contributed by atoms with E-state index in [0.29, 0.717) is 0 Å². The topological polar surface area (TPSA) is 86.7 Å². The Balaban J connectivity index is 3.13. The van der Waals surface area contributed by atoms with Crippen LogP contribution in [0.25, 0.3) is 0 Å². The lowest BCUT2D eigenvalue weighted by molar-refractivity contribution is 0.160. The first-order valence-electron chi connectivity index (χ1n) is 5.55. The number of hydrogen-bond donors (Lipinski definition) is 0. The summed E-state index contributed by atoms with van der Waals surface area (Å²) in [5.41, 5.74) is 0. The number of ether oxygens (including phenoxy) is 3. The summed E-state index contributed by atoms with van der Waals surface area (Å²) in [5, 5.41) is 0. The second-order valence-electron chi connectivity index (χ2n) is 3.21. The summed E-state index contributed by atoms with van der Waals surface area (Å²) in [5.74, 6) is 0.0713. The fourth-order valence-electron chi connectivity index (χ4n) is 1.20. The predicted molar refractivity (Wildman–Crippen MR) is 67.5 cm³/mol. The van der Waals surface area contributed by atoms with Gasteiger partial charge in [0.15, 0.2) is 0 Å². The molecule has 0 aliphatic heterocycles. The summed E-state index contributed by atoms with van der Waals surface area (Å²) in [4.78, 5) is 24.8. The van der Waals surface area contributed by atoms with Crippen molar-refractivity contribution in [1.29, 1.82) is 0 Å². The van der Waals surface area contributed by atoms with E-state index in [0.717, 1.165) is 0 Å². The third kappa shape index (κ3) is 3.80. The predicted octanol–water partition coefficient (Wildman–Crippen LogP) is 1.04. The average molecular weight is 268 g/mol. The normalized spacial score (nSPS) is 9.63. The Morgan fingerprint density at radius 2 is 1.84 bits per heavy atom. The van der Waals surface area contributed by atoms with Crippen molar-refractivity contribution < 1.29 is 19.0 Å². The van der Waals surface area contributed by atoms with Crippen LogP contribution < -0.4 is 14.4 Å². The van der Waals surface area contributed by atoms with Crippen molar-refractivity contribution in [2.24, 2.45) is 0 Å². The van der Waals surface area contributed by atoms with E-state index in [-0.39, 0.29) is 31.1 Å². The molecule has 0 bridgehead atoms. The standard InChI is InChI=1S/C11H16N4O4/c1-5-7-15(11(16)19-6-2)8-12-9(17-3)14-10(13-8)18-4/h5H,1,6-7H2,2-4H3. The van der Waals surface area contributed by atoms with Gasteiger partial charge in [-0.25, -0.2) is 9.69 Å². The van der Waals surface area contributed by atoms with Crippen LogP contribution in [-0.4, -0.2) is 48.4 Å². The largest absolute Gasteiger partial charge is 0.467 e. The smallest absolute Gasteiger partial charge is 0.416 e. The molecule has 0 N–H and O–H groups in total. The van der Waals surface area contributed by atoms with Crippen LogP contribution in [0, 0.1) is 0 Å². The first kappa shape index (κ1) is 14.7. The van der Waals surface area contributed by atoms with Gasteiger partial charge in [0.25, 0.3) is 0 Å². The summed E-state index contributed by atoms with van der Waals surface area (Å²) >= 11 is 0. The third-order valence-electron chi connectivity index (χ3n) is 1.99. The molecule has 1 aromatic rings. The third-order valence-corrected chi connectivity index (χ3v) is 1.99. The Morgan fingerprint density at radius 1 is 1.26 bits per heavy atom. The highest BCUT2D eigenvalue weighted by Gasteiger charge is 2.21. The quantitative estimate of drug-likeness (QED) is 0.712. The highest BCUT2D eigenvalue weighted by molar-refractivity contribution is 5.85. The van der Waals surface area contributed by atoms with Gasteiger partial charge in [0, 0.05) is 0 Å². The summed E-state index contributed by atoms with van der Waals surface area (Å²) in [6.07, 6.45) is 0.942. The molecule has 1 aromatic heterocycles. The molecule has 1 heterocycles. The number of methoxy groups -OCH3 is 2. The molecule has 19 heavy (non-hydrogen) atoms. The Bertz CT molecular complexity index is 430. The maximum atomic E-state index is 11.8. The van der Waals surface area contributed by atoms with E-state index in [1.807, 2.05) is 0 Å². The van der Waals surface area contributed by atoms with Gasteiger partial charge >= 0.3 is 18.1 Å². The number of amides is 1. The fourth-order valence-corrected chi connectivity index (χ4v) is 1.20. The van der Waals surface area contributed by atoms with Gasteiger partial charge < -0.3 is 14.2 Å². The van der Waals surface area contributed by atoms with Gasteiger partial charge in [-0.05, 0) is 6.92 Å². The molecule has 0 radical (unpaired) electrons. The minimum Gasteiger partial charge on any atom is -0.467 e. The van der Waals surface area contributed by atoms with Crippen LogP contribution >= 0.6 is 0 Å². The van der Waals surface area contributed by atoms with Crippen molar-refractivity contribution in [3.05, 3.63) is 12.7 Å². The van der Waals surface area contributed by atoms with E-state index in [4.69, 9.17) is 14.2 Å². The van der Waals surface area contributed by atoms with Gasteiger partial charge in [0.1, 0.15) is 0 Å². The lowest BCUT2D eigenvalue weighted by Gasteiger charge is -2.18. The van der Waals surface area contributed by atoms with Gasteiger partial charge in [0.05, 0.1) is 27.4 Å². The molecular weight excluding hydrogens is 252 g/mol. The first-order valence-corrected chi connectivity index (χ1v) is 5.55. The molecule has 8 heteroatoms. The Hall–Kier alpha value is -2.38. The molecule has 0 saturated heterocycles. The maximum Gasteiger partial charge on any atom is 0.416 e. The Kier molecular flexibility index (Phi) is 5.52. The van der Waals surface area contributed by atoms with Gasteiger partial charge in [-0.15, -0.1) is 11.6 Å². The van der Waals surface area contributed by atoms with Crippen molar-refractivity contribution in [2.45, 2.75) is 6.92 Å². The number of aromatic nitrogens is 3. The van der Waals surface area contributed by atoms with Crippen LogP contribution in [0.4, 0.5) is 10.7 Å². The summed E-state index contributed by atoms with van der Waals surface area (Å²) < 4.78 is 14.8. The molecule has 1 amide bonds. The zero-order chi connectivity index (χ0) is 14.3. The van der Waals surface area contributed by atoms with Crippen molar-refractivity contribution in [3.63, 3.8) is 0 Å². The molecule has 0 saturated carbocycles. The summed E-state index contributed by atoms with van der Waals surface area (Å²) in [6, 6.07) is 0.0837. The minimum atomic E-state index is -0.585. The van der Waals surface area contributed by atoms with Crippen LogP contribution in [0.3, 0.4) is 0 Å². The van der Waals surface area contributed by atoms with Gasteiger partial charge in [0.2, 0.25) is 5.95 Å². The fraction of sp³-hybridized carbons (Fsp3) is 0.455. The minimum absolute atomic E-state index is 0.0419. The number of nitrogens with zero attached hydrogens (tertiary/aromatic N) is 4. The van der Waals surface area contributed by atoms with E-state index in [9.17, 15) is 4.79 Å². The van der Waals surface area contributed by atoms with Crippen LogP contribution in [0.2, 0.25) is 0 Å². The number of anilines is 1. The molecule has 104 valence electrons. The van der Waals surface area contributed by atoms with Gasteiger partial charge in [-0.1, -0.05) is 6.08 Å². The lowest BCUT2D eigenvalue weighted by atomic mass is 10.5. The van der Waals surface area contributed by atoms with Crippen LogP contribution in [0.1, 0.15) is 6.92 Å². The maximum absolute atomic E-state index is 11.8. The van der Waals surface area contributed by atoms with Crippen molar-refractivity contribution in [1.82, 2.24) is 15.0 Å². The van der Waals surface area contributed by atoms with Crippen molar-refractivity contribution >= 4 is 12.0 Å². The highest BCUT2D eigenvalue weighted by Crippen LogP contribution is 2.16.